The summed E-state index contributed by atoms with van der Waals surface area (Å²) in [7, 11) is 4.57. The lowest BCUT2D eigenvalue weighted by atomic mass is 10.2. The Morgan fingerprint density at radius 1 is 0.897 bits per heavy atom. The van der Waals surface area contributed by atoms with Crippen molar-refractivity contribution in [1.82, 2.24) is 9.97 Å². The third kappa shape index (κ3) is 4.68. The van der Waals surface area contributed by atoms with Crippen molar-refractivity contribution in [2.45, 2.75) is 6.18 Å². The minimum atomic E-state index is -4.60. The zero-order valence-corrected chi connectivity index (χ0v) is 16.0. The number of nitrogens with zero attached hydrogens (tertiary/aromatic N) is 3. The average Bonchev–Trinajstić information content (AvgIpc) is 2.73. The molecule has 9 heteroatoms. The average molecular weight is 404 g/mol. The second kappa shape index (κ2) is 8.26. The molecule has 1 aromatic heterocycles. The fourth-order valence-electron chi connectivity index (χ4n) is 2.62. The SMILES string of the molecule is COc1ccc(Nc2ncc(C(F)(F)F)c(N(C)c3ccc(OC)cc3)n2)cc1. The number of methoxy groups -OCH3 is 2. The van der Waals surface area contributed by atoms with Gasteiger partial charge < -0.3 is 19.7 Å². The van der Waals surface area contributed by atoms with Gasteiger partial charge in [0.15, 0.2) is 5.82 Å². The summed E-state index contributed by atoms with van der Waals surface area (Å²) in [5.41, 5.74) is 0.199. The molecule has 0 saturated carbocycles. The smallest absolute Gasteiger partial charge is 0.421 e. The van der Waals surface area contributed by atoms with E-state index < -0.39 is 11.7 Å². The monoisotopic (exact) mass is 404 g/mol. The van der Waals surface area contributed by atoms with Crippen molar-refractivity contribution in [2.75, 3.05) is 31.5 Å². The summed E-state index contributed by atoms with van der Waals surface area (Å²) in [5, 5.41) is 2.91. The summed E-state index contributed by atoms with van der Waals surface area (Å²) in [6.45, 7) is 0. The molecule has 1 N–H and O–H groups in total. The van der Waals surface area contributed by atoms with Gasteiger partial charge in [0.25, 0.3) is 0 Å². The van der Waals surface area contributed by atoms with Crippen LogP contribution in [0.4, 0.5) is 36.3 Å². The number of ether oxygens (including phenoxy) is 2. The van der Waals surface area contributed by atoms with Crippen LogP contribution in [0, 0.1) is 0 Å². The molecule has 0 spiro atoms. The van der Waals surface area contributed by atoms with Crippen molar-refractivity contribution >= 4 is 23.1 Å². The van der Waals surface area contributed by atoms with E-state index in [1.807, 2.05) is 0 Å². The fraction of sp³-hybridized carbons (Fsp3) is 0.200. The van der Waals surface area contributed by atoms with Crippen LogP contribution in [0.2, 0.25) is 0 Å². The molecule has 0 bridgehead atoms. The number of anilines is 4. The standard InChI is InChI=1S/C20H19F3N4O2/c1-27(14-6-10-16(29-3)11-7-14)18-17(20(21,22)23)12-24-19(26-18)25-13-4-8-15(28-2)9-5-13/h4-12H,1-3H3,(H,24,25,26). The highest BCUT2D eigenvalue weighted by Crippen LogP contribution is 2.38. The number of rotatable bonds is 6. The first-order valence-corrected chi connectivity index (χ1v) is 8.55. The van der Waals surface area contributed by atoms with Gasteiger partial charge in [-0.3, -0.25) is 0 Å². The Bertz CT molecular complexity index is 961. The minimum absolute atomic E-state index is 0.0403. The summed E-state index contributed by atoms with van der Waals surface area (Å²) in [5.74, 6) is 1.03. The largest absolute Gasteiger partial charge is 0.497 e. The van der Waals surface area contributed by atoms with Crippen LogP contribution in [-0.2, 0) is 6.18 Å². The minimum Gasteiger partial charge on any atom is -0.497 e. The lowest BCUT2D eigenvalue weighted by Gasteiger charge is -2.23. The molecule has 0 radical (unpaired) electrons. The molecule has 0 fully saturated rings. The maximum Gasteiger partial charge on any atom is 0.421 e. The highest BCUT2D eigenvalue weighted by molar-refractivity contribution is 5.65. The van der Waals surface area contributed by atoms with Gasteiger partial charge in [-0.1, -0.05) is 0 Å². The predicted molar refractivity (Wildman–Crippen MR) is 104 cm³/mol. The number of hydrogen-bond acceptors (Lipinski definition) is 6. The number of alkyl halides is 3. The van der Waals surface area contributed by atoms with Crippen molar-refractivity contribution in [1.29, 1.82) is 0 Å². The van der Waals surface area contributed by atoms with E-state index in [1.54, 1.807) is 55.6 Å². The van der Waals surface area contributed by atoms with Crippen LogP contribution in [0.15, 0.2) is 54.7 Å². The van der Waals surface area contributed by atoms with Gasteiger partial charge in [-0.05, 0) is 48.5 Å². The molecule has 0 atom stereocenters. The second-order valence-electron chi connectivity index (χ2n) is 6.04. The lowest BCUT2D eigenvalue weighted by Crippen LogP contribution is -2.19. The lowest BCUT2D eigenvalue weighted by molar-refractivity contribution is -0.137. The summed E-state index contributed by atoms with van der Waals surface area (Å²) in [6.07, 6.45) is -3.83. The molecule has 152 valence electrons. The van der Waals surface area contributed by atoms with Crippen molar-refractivity contribution < 1.29 is 22.6 Å². The molecule has 1 heterocycles. The molecule has 0 aliphatic heterocycles. The van der Waals surface area contributed by atoms with E-state index in [2.05, 4.69) is 15.3 Å². The van der Waals surface area contributed by atoms with Crippen LogP contribution in [-0.4, -0.2) is 31.2 Å². The first-order valence-electron chi connectivity index (χ1n) is 8.55. The maximum absolute atomic E-state index is 13.5. The highest BCUT2D eigenvalue weighted by atomic mass is 19.4. The molecule has 0 aliphatic carbocycles. The zero-order chi connectivity index (χ0) is 21.0. The quantitative estimate of drug-likeness (QED) is 0.622. The molecule has 0 aliphatic rings. The normalized spacial score (nSPS) is 11.1. The van der Waals surface area contributed by atoms with Gasteiger partial charge in [0.05, 0.1) is 14.2 Å². The molecule has 2 aromatic carbocycles. The Morgan fingerprint density at radius 3 is 1.97 bits per heavy atom. The summed E-state index contributed by atoms with van der Waals surface area (Å²) < 4.78 is 50.8. The number of halogens is 3. The van der Waals surface area contributed by atoms with Crippen LogP contribution < -0.4 is 19.7 Å². The van der Waals surface area contributed by atoms with E-state index in [9.17, 15) is 13.2 Å². The van der Waals surface area contributed by atoms with Gasteiger partial charge in [-0.2, -0.15) is 18.2 Å². The van der Waals surface area contributed by atoms with Gasteiger partial charge >= 0.3 is 6.18 Å². The van der Waals surface area contributed by atoms with Crippen LogP contribution >= 0.6 is 0 Å². The Kier molecular flexibility index (Phi) is 5.76. The predicted octanol–water partition coefficient (Wildman–Crippen LogP) is 5.02. The fourth-order valence-corrected chi connectivity index (χ4v) is 2.62. The topological polar surface area (TPSA) is 59.5 Å². The van der Waals surface area contributed by atoms with Gasteiger partial charge in [-0.25, -0.2) is 4.98 Å². The Balaban J connectivity index is 1.96. The van der Waals surface area contributed by atoms with E-state index in [0.29, 0.717) is 22.9 Å². The van der Waals surface area contributed by atoms with E-state index in [1.165, 1.54) is 19.1 Å². The number of hydrogen-bond donors (Lipinski definition) is 1. The first-order chi connectivity index (χ1) is 13.8. The molecule has 3 rings (SSSR count). The number of aromatic nitrogens is 2. The molecule has 3 aromatic rings. The van der Waals surface area contributed by atoms with E-state index in [0.717, 1.165) is 6.20 Å². The van der Waals surface area contributed by atoms with Crippen LogP contribution in [0.3, 0.4) is 0 Å². The summed E-state index contributed by atoms with van der Waals surface area (Å²) >= 11 is 0. The molecule has 0 amide bonds. The van der Waals surface area contributed by atoms with E-state index in [-0.39, 0.29) is 11.8 Å². The van der Waals surface area contributed by atoms with Crippen molar-refractivity contribution in [3.63, 3.8) is 0 Å². The van der Waals surface area contributed by atoms with Crippen molar-refractivity contribution in [2.24, 2.45) is 0 Å². The Labute approximate surface area is 165 Å². The van der Waals surface area contributed by atoms with E-state index >= 15 is 0 Å². The third-order valence-electron chi connectivity index (χ3n) is 4.20. The Hall–Kier alpha value is -3.49. The molecule has 0 saturated heterocycles. The third-order valence-corrected chi connectivity index (χ3v) is 4.20. The zero-order valence-electron chi connectivity index (χ0n) is 16.0. The van der Waals surface area contributed by atoms with Crippen LogP contribution in [0.25, 0.3) is 0 Å². The first kappa shape index (κ1) is 20.2. The van der Waals surface area contributed by atoms with Gasteiger partial charge in [0.1, 0.15) is 17.1 Å². The summed E-state index contributed by atoms with van der Waals surface area (Å²) in [4.78, 5) is 9.29. The van der Waals surface area contributed by atoms with E-state index in [4.69, 9.17) is 9.47 Å². The van der Waals surface area contributed by atoms with Crippen molar-refractivity contribution in [3.8, 4) is 11.5 Å². The molecule has 29 heavy (non-hydrogen) atoms. The van der Waals surface area contributed by atoms with Gasteiger partial charge in [0, 0.05) is 24.6 Å². The number of benzene rings is 2. The van der Waals surface area contributed by atoms with Gasteiger partial charge in [-0.15, -0.1) is 0 Å². The van der Waals surface area contributed by atoms with Gasteiger partial charge in [0.2, 0.25) is 5.95 Å². The van der Waals surface area contributed by atoms with Crippen LogP contribution in [0.5, 0.6) is 11.5 Å². The molecular formula is C20H19F3N4O2. The molecule has 6 nitrogen and oxygen atoms in total. The van der Waals surface area contributed by atoms with Crippen molar-refractivity contribution in [3.05, 3.63) is 60.3 Å². The van der Waals surface area contributed by atoms with Crippen LogP contribution in [0.1, 0.15) is 5.56 Å². The molecular weight excluding hydrogens is 385 g/mol. The summed E-state index contributed by atoms with van der Waals surface area (Å²) in [6, 6.07) is 13.5. The maximum atomic E-state index is 13.5. The highest BCUT2D eigenvalue weighted by Gasteiger charge is 2.36. The Morgan fingerprint density at radius 2 is 1.45 bits per heavy atom. The number of nitrogens with one attached hydrogen (secondary N) is 1. The second-order valence-corrected chi connectivity index (χ2v) is 6.04. The molecule has 0 unspecified atom stereocenters.